The molecule has 0 amide bonds. The van der Waals surface area contributed by atoms with Crippen molar-refractivity contribution in [2.75, 3.05) is 0 Å². The van der Waals surface area contributed by atoms with Crippen molar-refractivity contribution < 1.29 is 18.9 Å². The van der Waals surface area contributed by atoms with E-state index in [0.29, 0.717) is 0 Å². The van der Waals surface area contributed by atoms with Crippen LogP contribution in [0.25, 0.3) is 0 Å². The number of thioether (sulfide) groups is 1. The van der Waals surface area contributed by atoms with Crippen LogP contribution in [0, 0.1) is 4.87 Å². The minimum absolute atomic E-state index is 0. The number of hydrogen-bond donors (Lipinski definition) is 0. The molecule has 0 aliphatic rings. The molecule has 0 bridgehead atoms. The molecule has 1 rings (SSSR count). The van der Waals surface area contributed by atoms with E-state index in [2.05, 4.69) is 56.9 Å². The third-order valence-corrected chi connectivity index (χ3v) is 7.60. The van der Waals surface area contributed by atoms with Crippen molar-refractivity contribution in [1.29, 1.82) is 0 Å². The largest absolute Gasteiger partial charge is 1.00 e. The molecule has 90 valence electrons. The van der Waals surface area contributed by atoms with Crippen LogP contribution in [0.15, 0.2) is 35.2 Å². The fraction of sp³-hybridized carbons (Fsp3) is 0.500. The van der Waals surface area contributed by atoms with E-state index >= 15 is 0 Å². The fourth-order valence-corrected chi connectivity index (χ4v) is 4.88. The summed E-state index contributed by atoms with van der Waals surface area (Å²) in [6.07, 6.45) is 3.93. The van der Waals surface area contributed by atoms with Gasteiger partial charge in [0.15, 0.2) is 0 Å². The zero-order chi connectivity index (χ0) is 12.0. The minimum atomic E-state index is -1.13. The molecule has 0 heterocycles. The van der Waals surface area contributed by atoms with Gasteiger partial charge in [0, 0.05) is 0 Å². The Kier molecular flexibility index (Phi) is 8.67. The molecule has 0 atom stereocenters. The van der Waals surface area contributed by atoms with Gasteiger partial charge in [-0.25, -0.2) is 0 Å². The molecule has 3 heteroatoms. The van der Waals surface area contributed by atoms with E-state index in [-0.39, 0.29) is 18.9 Å². The van der Waals surface area contributed by atoms with Crippen molar-refractivity contribution in [3.05, 3.63) is 35.2 Å². The van der Waals surface area contributed by atoms with Crippen LogP contribution in [0.3, 0.4) is 0 Å². The predicted octanol–water partition coefficient (Wildman–Crippen LogP) is 2.38. The van der Waals surface area contributed by atoms with Crippen LogP contribution < -0.4 is 18.9 Å². The first-order valence-electron chi connectivity index (χ1n) is 6.13. The average Bonchev–Trinajstić information content (AvgIpc) is 2.24. The number of unbranched alkanes of at least 4 members (excludes halogenated alkanes) is 1. The molecule has 0 N–H and O–H groups in total. The first-order valence-corrected chi connectivity index (χ1v) is 10.4. The van der Waals surface area contributed by atoms with Crippen molar-refractivity contribution in [2.45, 2.75) is 50.7 Å². The van der Waals surface area contributed by atoms with Crippen LogP contribution in [0.1, 0.15) is 26.2 Å². The van der Waals surface area contributed by atoms with Crippen molar-refractivity contribution in [2.24, 2.45) is 0 Å². The van der Waals surface area contributed by atoms with Crippen LogP contribution in [0.4, 0.5) is 0 Å². The summed E-state index contributed by atoms with van der Waals surface area (Å²) in [4.78, 5) is 3.14. The molecule has 1 aromatic carbocycles. The van der Waals surface area contributed by atoms with E-state index in [1.165, 1.54) is 24.2 Å². The van der Waals surface area contributed by atoms with Gasteiger partial charge in [0.25, 0.3) is 0 Å². The summed E-state index contributed by atoms with van der Waals surface area (Å²) in [5.74, 6) is 0. The Hall–Kier alpha value is 0.384. The number of rotatable bonds is 6. The summed E-state index contributed by atoms with van der Waals surface area (Å²) >= 11 is 2.01. The van der Waals surface area contributed by atoms with Gasteiger partial charge < -0.3 is 11.8 Å². The second-order valence-corrected chi connectivity index (χ2v) is 11.8. The summed E-state index contributed by atoms with van der Waals surface area (Å²) in [6, 6.07) is 10.8. The van der Waals surface area contributed by atoms with Crippen molar-refractivity contribution in [3.8, 4) is 0 Å². The quantitative estimate of drug-likeness (QED) is 0.429. The molecule has 0 saturated carbocycles. The van der Waals surface area contributed by atoms with E-state index in [0.717, 1.165) is 0 Å². The Morgan fingerprint density at radius 2 is 1.71 bits per heavy atom. The monoisotopic (exact) mass is 258 g/mol. The van der Waals surface area contributed by atoms with E-state index in [9.17, 15) is 0 Å². The van der Waals surface area contributed by atoms with E-state index in [1.54, 1.807) is 4.87 Å². The van der Waals surface area contributed by atoms with Gasteiger partial charge >= 0.3 is 18.9 Å². The standard InChI is InChI=1S/C14H23SSi.Li/c1-5-6-12-14(16(2,3)4)15-13-10-8-7-9-11-13;/h7-11H,5-6,12H2,1-4H3;/q-1;+1. The summed E-state index contributed by atoms with van der Waals surface area (Å²) in [7, 11) is -1.13. The molecule has 0 radical (unpaired) electrons. The van der Waals surface area contributed by atoms with Crippen LogP contribution in [-0.4, -0.2) is 8.07 Å². The van der Waals surface area contributed by atoms with E-state index in [1.807, 2.05) is 11.8 Å². The van der Waals surface area contributed by atoms with Crippen LogP contribution >= 0.6 is 11.8 Å². The van der Waals surface area contributed by atoms with Gasteiger partial charge in [0.2, 0.25) is 0 Å². The third-order valence-electron chi connectivity index (χ3n) is 2.58. The Morgan fingerprint density at radius 3 is 2.18 bits per heavy atom. The summed E-state index contributed by atoms with van der Waals surface area (Å²) in [5, 5.41) is 0. The minimum Gasteiger partial charge on any atom is -0.315 e. The second-order valence-electron chi connectivity index (χ2n) is 5.19. The van der Waals surface area contributed by atoms with E-state index in [4.69, 9.17) is 0 Å². The Morgan fingerprint density at radius 1 is 1.12 bits per heavy atom. The predicted molar refractivity (Wildman–Crippen MR) is 78.4 cm³/mol. The van der Waals surface area contributed by atoms with E-state index < -0.39 is 8.07 Å². The maximum absolute atomic E-state index is 2.45. The summed E-state index contributed by atoms with van der Waals surface area (Å²) < 4.78 is 0. The molecule has 0 saturated heterocycles. The van der Waals surface area contributed by atoms with Gasteiger partial charge in [-0.05, 0) is 4.90 Å². The summed E-state index contributed by atoms with van der Waals surface area (Å²) in [6.45, 7) is 9.63. The molecule has 0 nitrogen and oxygen atoms in total. The molecular weight excluding hydrogens is 235 g/mol. The molecule has 17 heavy (non-hydrogen) atoms. The first kappa shape index (κ1) is 17.4. The van der Waals surface area contributed by atoms with Crippen LogP contribution in [0.2, 0.25) is 19.6 Å². The van der Waals surface area contributed by atoms with Crippen molar-refractivity contribution >= 4 is 19.8 Å². The van der Waals surface area contributed by atoms with Gasteiger partial charge in [0.1, 0.15) is 0 Å². The first-order chi connectivity index (χ1) is 7.54. The number of benzene rings is 1. The molecular formula is C14H23LiSSi. The van der Waals surface area contributed by atoms with Gasteiger partial charge in [-0.2, -0.15) is 6.42 Å². The SMILES string of the molecule is CCCC[C-](Sc1ccccc1)[Si](C)(C)C.[Li+]. The topological polar surface area (TPSA) is 0 Å². The Balaban J connectivity index is 0.00000256. The van der Waals surface area contributed by atoms with Gasteiger partial charge in [-0.3, -0.25) is 4.87 Å². The zero-order valence-corrected chi connectivity index (χ0v) is 13.7. The third kappa shape index (κ3) is 6.77. The zero-order valence-electron chi connectivity index (χ0n) is 11.9. The molecule has 0 aromatic heterocycles. The van der Waals surface area contributed by atoms with Gasteiger partial charge in [-0.15, -0.1) is 0 Å². The fourth-order valence-electron chi connectivity index (χ4n) is 1.55. The molecule has 0 fully saturated rings. The van der Waals surface area contributed by atoms with Crippen LogP contribution in [0.5, 0.6) is 0 Å². The Labute approximate surface area is 124 Å². The number of hydrogen-bond acceptors (Lipinski definition) is 1. The smallest absolute Gasteiger partial charge is 0.315 e. The molecule has 0 spiro atoms. The van der Waals surface area contributed by atoms with Crippen molar-refractivity contribution in [1.82, 2.24) is 0 Å². The maximum atomic E-state index is 2.45. The molecule has 1 aromatic rings. The van der Waals surface area contributed by atoms with Gasteiger partial charge in [-0.1, -0.05) is 77.8 Å². The normalized spacial score (nSPS) is 11.4. The Bertz CT molecular complexity index is 295. The molecule has 0 aliphatic carbocycles. The molecule has 0 unspecified atom stereocenters. The van der Waals surface area contributed by atoms with Crippen LogP contribution in [-0.2, 0) is 0 Å². The van der Waals surface area contributed by atoms with Crippen molar-refractivity contribution in [3.63, 3.8) is 0 Å². The summed E-state index contributed by atoms with van der Waals surface area (Å²) in [5.41, 5.74) is 0. The molecule has 0 aliphatic heterocycles. The van der Waals surface area contributed by atoms with Gasteiger partial charge in [0.05, 0.1) is 0 Å². The maximum Gasteiger partial charge on any atom is 1.00 e. The second kappa shape index (κ2) is 8.48. The average molecular weight is 258 g/mol.